The third-order valence-electron chi connectivity index (χ3n) is 2.83. The highest BCUT2D eigenvalue weighted by molar-refractivity contribution is 5.08. The Kier molecular flexibility index (Phi) is 4.84. The molecule has 0 unspecified atom stereocenters. The van der Waals surface area contributed by atoms with Crippen molar-refractivity contribution in [2.45, 2.75) is 32.2 Å². The number of rotatable bonds is 7. The average molecular weight is 245 g/mol. The van der Waals surface area contributed by atoms with Gasteiger partial charge in [0.2, 0.25) is 0 Å². The predicted octanol–water partition coefficient (Wildman–Crippen LogP) is 1.20. The fourth-order valence-electron chi connectivity index (χ4n) is 1.80. The molecule has 2 rings (SSSR count). The molecule has 0 atom stereocenters. The number of nitrogens with zero attached hydrogens (tertiary/aromatic N) is 4. The third kappa shape index (κ3) is 3.92. The molecule has 0 fully saturated rings. The zero-order valence-electron chi connectivity index (χ0n) is 10.5. The Morgan fingerprint density at radius 3 is 2.94 bits per heavy atom. The van der Waals surface area contributed by atoms with Crippen LogP contribution in [0.5, 0.6) is 0 Å². The molecule has 0 amide bonds. The highest BCUT2D eigenvalue weighted by Gasteiger charge is 2.01. The first kappa shape index (κ1) is 12.7. The van der Waals surface area contributed by atoms with Gasteiger partial charge >= 0.3 is 0 Å². The summed E-state index contributed by atoms with van der Waals surface area (Å²) in [5, 5.41) is 8.28. The molecule has 96 valence electrons. The molecule has 0 aliphatic heterocycles. The second kappa shape index (κ2) is 6.86. The van der Waals surface area contributed by atoms with Gasteiger partial charge in [0.05, 0.1) is 5.69 Å². The zero-order chi connectivity index (χ0) is 12.6. The first-order valence-corrected chi connectivity index (χ1v) is 6.36. The summed E-state index contributed by atoms with van der Waals surface area (Å²) < 4.78 is 1.89. The van der Waals surface area contributed by atoms with Crippen LogP contribution in [-0.2, 0) is 19.4 Å². The smallest absolute Gasteiger partial charge is 0.0827 e. The van der Waals surface area contributed by atoms with E-state index in [1.165, 1.54) is 5.56 Å². The molecule has 0 aliphatic rings. The predicted molar refractivity (Wildman–Crippen MR) is 70.0 cm³/mol. The Hall–Kier alpha value is -1.75. The van der Waals surface area contributed by atoms with Crippen LogP contribution in [0.1, 0.15) is 24.1 Å². The standard InChI is InChI=1S/C13H19N5/c14-7-2-1-5-13-11-18(17-16-13)9-6-12-4-3-8-15-10-12/h3-4,8,10-11H,1-2,5-7,9,14H2. The molecule has 18 heavy (non-hydrogen) atoms. The summed E-state index contributed by atoms with van der Waals surface area (Å²) in [6.07, 6.45) is 9.71. The van der Waals surface area contributed by atoms with E-state index in [1.807, 2.05) is 23.1 Å². The molecule has 2 aromatic heterocycles. The minimum absolute atomic E-state index is 0.745. The lowest BCUT2D eigenvalue weighted by atomic mass is 10.2. The van der Waals surface area contributed by atoms with Crippen molar-refractivity contribution >= 4 is 0 Å². The summed E-state index contributed by atoms with van der Waals surface area (Å²) in [4.78, 5) is 4.09. The summed E-state index contributed by atoms with van der Waals surface area (Å²) >= 11 is 0. The molecule has 5 heteroatoms. The van der Waals surface area contributed by atoms with Crippen molar-refractivity contribution in [2.24, 2.45) is 5.73 Å². The molecule has 0 radical (unpaired) electrons. The summed E-state index contributed by atoms with van der Waals surface area (Å²) in [5.41, 5.74) is 7.73. The first-order valence-electron chi connectivity index (χ1n) is 6.36. The molecular weight excluding hydrogens is 226 g/mol. The van der Waals surface area contributed by atoms with Crippen LogP contribution >= 0.6 is 0 Å². The van der Waals surface area contributed by atoms with Crippen LogP contribution in [0.25, 0.3) is 0 Å². The molecule has 0 aliphatic carbocycles. The summed E-state index contributed by atoms with van der Waals surface area (Å²) in [6.45, 7) is 1.59. The summed E-state index contributed by atoms with van der Waals surface area (Å²) in [6, 6.07) is 4.03. The van der Waals surface area contributed by atoms with E-state index in [4.69, 9.17) is 5.73 Å². The van der Waals surface area contributed by atoms with Crippen molar-refractivity contribution in [3.8, 4) is 0 Å². The molecule has 0 saturated carbocycles. The summed E-state index contributed by atoms with van der Waals surface area (Å²) in [5.74, 6) is 0. The van der Waals surface area contributed by atoms with Crippen LogP contribution in [0.4, 0.5) is 0 Å². The van der Waals surface area contributed by atoms with Gasteiger partial charge in [-0.15, -0.1) is 5.10 Å². The number of aromatic nitrogens is 4. The first-order chi connectivity index (χ1) is 8.88. The minimum atomic E-state index is 0.745. The largest absolute Gasteiger partial charge is 0.330 e. The van der Waals surface area contributed by atoms with E-state index in [1.54, 1.807) is 6.20 Å². The van der Waals surface area contributed by atoms with Gasteiger partial charge in [0, 0.05) is 25.1 Å². The lowest BCUT2D eigenvalue weighted by Crippen LogP contribution is -2.02. The molecule has 2 heterocycles. The lowest BCUT2D eigenvalue weighted by Gasteiger charge is -1.99. The van der Waals surface area contributed by atoms with E-state index < -0.39 is 0 Å². The van der Waals surface area contributed by atoms with Crippen molar-refractivity contribution in [1.82, 2.24) is 20.0 Å². The Morgan fingerprint density at radius 2 is 2.17 bits per heavy atom. The second-order valence-electron chi connectivity index (χ2n) is 4.33. The van der Waals surface area contributed by atoms with Gasteiger partial charge in [0.15, 0.2) is 0 Å². The molecule has 0 aromatic carbocycles. The van der Waals surface area contributed by atoms with Gasteiger partial charge in [-0.05, 0) is 43.9 Å². The van der Waals surface area contributed by atoms with Crippen LogP contribution in [0.2, 0.25) is 0 Å². The summed E-state index contributed by atoms with van der Waals surface area (Å²) in [7, 11) is 0. The van der Waals surface area contributed by atoms with Crippen molar-refractivity contribution in [1.29, 1.82) is 0 Å². The minimum Gasteiger partial charge on any atom is -0.330 e. The van der Waals surface area contributed by atoms with Gasteiger partial charge in [-0.3, -0.25) is 9.67 Å². The normalized spacial score (nSPS) is 10.7. The number of aryl methyl sites for hydroxylation is 3. The maximum Gasteiger partial charge on any atom is 0.0827 e. The Balaban J connectivity index is 1.80. The Labute approximate surface area is 107 Å². The number of hydrogen-bond donors (Lipinski definition) is 1. The van der Waals surface area contributed by atoms with Crippen molar-refractivity contribution < 1.29 is 0 Å². The molecule has 2 aromatic rings. The fraction of sp³-hybridized carbons (Fsp3) is 0.462. The number of hydrogen-bond acceptors (Lipinski definition) is 4. The molecule has 2 N–H and O–H groups in total. The maximum atomic E-state index is 5.46. The van der Waals surface area contributed by atoms with Crippen LogP contribution in [0.15, 0.2) is 30.7 Å². The Bertz CT molecular complexity index is 451. The molecule has 5 nitrogen and oxygen atoms in total. The fourth-order valence-corrected chi connectivity index (χ4v) is 1.80. The van der Waals surface area contributed by atoms with E-state index >= 15 is 0 Å². The second-order valence-corrected chi connectivity index (χ2v) is 4.33. The number of pyridine rings is 1. The molecule has 0 bridgehead atoms. The van der Waals surface area contributed by atoms with E-state index in [2.05, 4.69) is 21.4 Å². The van der Waals surface area contributed by atoms with Crippen LogP contribution in [0, 0.1) is 0 Å². The van der Waals surface area contributed by atoms with Gasteiger partial charge in [-0.2, -0.15) is 0 Å². The highest BCUT2D eigenvalue weighted by Crippen LogP contribution is 2.02. The number of unbranched alkanes of at least 4 members (excludes halogenated alkanes) is 1. The monoisotopic (exact) mass is 245 g/mol. The maximum absolute atomic E-state index is 5.46. The van der Waals surface area contributed by atoms with E-state index in [9.17, 15) is 0 Å². The van der Waals surface area contributed by atoms with Gasteiger partial charge in [0.1, 0.15) is 0 Å². The van der Waals surface area contributed by atoms with Gasteiger partial charge in [-0.25, -0.2) is 0 Å². The van der Waals surface area contributed by atoms with E-state index in [0.717, 1.165) is 44.5 Å². The van der Waals surface area contributed by atoms with Crippen LogP contribution in [-0.4, -0.2) is 26.5 Å². The number of nitrogens with two attached hydrogens (primary N) is 1. The van der Waals surface area contributed by atoms with Crippen LogP contribution in [0.3, 0.4) is 0 Å². The van der Waals surface area contributed by atoms with Crippen molar-refractivity contribution in [3.63, 3.8) is 0 Å². The van der Waals surface area contributed by atoms with Gasteiger partial charge in [-0.1, -0.05) is 11.3 Å². The Morgan fingerprint density at radius 1 is 1.22 bits per heavy atom. The van der Waals surface area contributed by atoms with Gasteiger partial charge in [0.25, 0.3) is 0 Å². The van der Waals surface area contributed by atoms with Gasteiger partial charge < -0.3 is 5.73 Å². The molecule has 0 saturated heterocycles. The highest BCUT2D eigenvalue weighted by atomic mass is 15.4. The van der Waals surface area contributed by atoms with Crippen molar-refractivity contribution in [3.05, 3.63) is 42.0 Å². The zero-order valence-corrected chi connectivity index (χ0v) is 10.5. The SMILES string of the molecule is NCCCCc1cn(CCc2cccnc2)nn1. The van der Waals surface area contributed by atoms with E-state index in [0.29, 0.717) is 0 Å². The average Bonchev–Trinajstić information content (AvgIpc) is 2.86. The third-order valence-corrected chi connectivity index (χ3v) is 2.83. The molecule has 0 spiro atoms. The quantitative estimate of drug-likeness (QED) is 0.744. The molecular formula is C13H19N5. The lowest BCUT2D eigenvalue weighted by molar-refractivity contribution is 0.588. The topological polar surface area (TPSA) is 69.6 Å². The van der Waals surface area contributed by atoms with Crippen molar-refractivity contribution in [2.75, 3.05) is 6.54 Å². The van der Waals surface area contributed by atoms with Crippen LogP contribution < -0.4 is 5.73 Å². The van der Waals surface area contributed by atoms with E-state index in [-0.39, 0.29) is 0 Å².